The highest BCUT2D eigenvalue weighted by Gasteiger charge is 2.42. The molecule has 2 bridgehead atoms. The Morgan fingerprint density at radius 3 is 2.20 bits per heavy atom. The molecule has 2 saturated heterocycles. The highest BCUT2D eigenvalue weighted by molar-refractivity contribution is 6.27. The number of fused-ring (bicyclic) bond motifs is 2. The van der Waals surface area contributed by atoms with Gasteiger partial charge in [-0.15, -0.1) is 0 Å². The molecule has 11 heteroatoms. The molecule has 4 rings (SSSR count). The van der Waals surface area contributed by atoms with E-state index in [0.717, 1.165) is 69.3 Å². The van der Waals surface area contributed by atoms with E-state index < -0.39 is 18.0 Å². The standard InChI is InChI=1S/C28H38FN3O3.C2H2O4/c1-20-8-13-27(35-2)26(16-20)32(28(33)34)25-17-23-6-5-7-24(18-25)31(23)15-4-3-14-30-19-21-9-11-22(29)12-10-21;3-1(4)2(5)6/h8-13,16,23-25,30H,3-7,14-15,17-19H2,1-2H3,(H,33,34);(H,3,4)(H,5,6). The van der Waals surface area contributed by atoms with Gasteiger partial charge in [0.05, 0.1) is 12.8 Å². The maximum atomic E-state index is 13.0. The van der Waals surface area contributed by atoms with Crippen LogP contribution in [0.5, 0.6) is 5.75 Å². The quantitative estimate of drug-likeness (QED) is 0.234. The number of anilines is 1. The van der Waals surface area contributed by atoms with E-state index in [1.165, 1.54) is 18.6 Å². The third-order valence-corrected chi connectivity index (χ3v) is 7.71. The number of carboxylic acid groups (broad SMARTS) is 3. The maximum absolute atomic E-state index is 13.0. The summed E-state index contributed by atoms with van der Waals surface area (Å²) in [5.74, 6) is -3.24. The van der Waals surface area contributed by atoms with Crippen LogP contribution in [0.4, 0.5) is 14.9 Å². The molecule has 1 amide bonds. The number of amides is 1. The summed E-state index contributed by atoms with van der Waals surface area (Å²) in [4.78, 5) is 34.8. The normalized spacial score (nSPS) is 19.9. The third kappa shape index (κ3) is 9.15. The second kappa shape index (κ2) is 15.3. The van der Waals surface area contributed by atoms with Crippen molar-refractivity contribution in [1.29, 1.82) is 0 Å². The Balaban J connectivity index is 0.000000696. The summed E-state index contributed by atoms with van der Waals surface area (Å²) >= 11 is 0. The van der Waals surface area contributed by atoms with Crippen LogP contribution in [0.25, 0.3) is 0 Å². The van der Waals surface area contributed by atoms with Gasteiger partial charge in [-0.25, -0.2) is 18.8 Å². The van der Waals surface area contributed by atoms with Gasteiger partial charge in [0.15, 0.2) is 0 Å². The number of rotatable bonds is 10. The van der Waals surface area contributed by atoms with Crippen LogP contribution in [0.1, 0.15) is 56.1 Å². The van der Waals surface area contributed by atoms with Gasteiger partial charge in [-0.3, -0.25) is 9.80 Å². The number of aryl methyl sites for hydroxylation is 1. The average Bonchev–Trinajstić information content (AvgIpc) is 2.92. The molecule has 2 aliphatic rings. The molecule has 2 unspecified atom stereocenters. The molecule has 2 aromatic carbocycles. The van der Waals surface area contributed by atoms with Gasteiger partial charge in [0.2, 0.25) is 0 Å². The van der Waals surface area contributed by atoms with Crippen molar-refractivity contribution < 1.29 is 38.8 Å². The lowest BCUT2D eigenvalue weighted by atomic mass is 9.81. The van der Waals surface area contributed by atoms with Crippen LogP contribution in [-0.4, -0.2) is 76.6 Å². The van der Waals surface area contributed by atoms with E-state index in [9.17, 15) is 14.3 Å². The van der Waals surface area contributed by atoms with Gasteiger partial charge < -0.3 is 25.4 Å². The van der Waals surface area contributed by atoms with Crippen molar-refractivity contribution in [1.82, 2.24) is 10.2 Å². The van der Waals surface area contributed by atoms with Crippen LogP contribution in [0.15, 0.2) is 42.5 Å². The van der Waals surface area contributed by atoms with E-state index in [1.54, 1.807) is 12.0 Å². The summed E-state index contributed by atoms with van der Waals surface area (Å²) in [5.41, 5.74) is 2.78. The second-order valence-electron chi connectivity index (χ2n) is 10.6. The molecule has 41 heavy (non-hydrogen) atoms. The number of benzene rings is 2. The lowest BCUT2D eigenvalue weighted by Gasteiger charge is -2.50. The minimum absolute atomic E-state index is 0.0351. The van der Waals surface area contributed by atoms with Crippen molar-refractivity contribution in [2.45, 2.75) is 76.5 Å². The zero-order valence-electron chi connectivity index (χ0n) is 23.6. The molecule has 0 aliphatic carbocycles. The van der Waals surface area contributed by atoms with Gasteiger partial charge in [0, 0.05) is 24.7 Å². The van der Waals surface area contributed by atoms with Gasteiger partial charge >= 0.3 is 18.0 Å². The molecule has 0 aromatic heterocycles. The van der Waals surface area contributed by atoms with Crippen LogP contribution >= 0.6 is 0 Å². The predicted molar refractivity (Wildman–Crippen MR) is 152 cm³/mol. The highest BCUT2D eigenvalue weighted by Crippen LogP contribution is 2.40. The molecule has 0 saturated carbocycles. The predicted octanol–water partition coefficient (Wildman–Crippen LogP) is 4.74. The SMILES string of the molecule is COc1ccc(C)cc1N(C(=O)O)C1CC2CCCC(C1)N2CCCCNCc1ccc(F)cc1.O=C(O)C(=O)O. The molecule has 0 radical (unpaired) electrons. The van der Waals surface area contributed by atoms with Crippen LogP contribution in [0.2, 0.25) is 0 Å². The van der Waals surface area contributed by atoms with Crippen LogP contribution in [0, 0.1) is 12.7 Å². The molecule has 224 valence electrons. The number of aliphatic carboxylic acids is 2. The smallest absolute Gasteiger partial charge is 0.414 e. The van der Waals surface area contributed by atoms with Gasteiger partial charge in [0.1, 0.15) is 11.6 Å². The third-order valence-electron chi connectivity index (χ3n) is 7.71. The molecule has 2 atom stereocenters. The highest BCUT2D eigenvalue weighted by atomic mass is 19.1. The molecule has 10 nitrogen and oxygen atoms in total. The number of hydrogen-bond acceptors (Lipinski definition) is 6. The molecule has 2 heterocycles. The first kappa shape index (κ1) is 31.8. The lowest BCUT2D eigenvalue weighted by Crippen LogP contribution is -2.58. The zero-order valence-corrected chi connectivity index (χ0v) is 23.6. The number of ether oxygens (including phenoxy) is 1. The molecule has 0 spiro atoms. The Labute approximate surface area is 239 Å². The zero-order chi connectivity index (χ0) is 29.9. The van der Waals surface area contributed by atoms with Crippen molar-refractivity contribution in [3.8, 4) is 5.75 Å². The van der Waals surface area contributed by atoms with Crippen molar-refractivity contribution in [3.05, 3.63) is 59.4 Å². The fourth-order valence-corrected chi connectivity index (χ4v) is 5.85. The van der Waals surface area contributed by atoms with Gasteiger partial charge in [-0.05, 0) is 93.9 Å². The first-order valence-corrected chi connectivity index (χ1v) is 13.9. The Bertz CT molecular complexity index is 1150. The van der Waals surface area contributed by atoms with Crippen LogP contribution in [0.3, 0.4) is 0 Å². The Morgan fingerprint density at radius 2 is 1.63 bits per heavy atom. The van der Waals surface area contributed by atoms with Crippen molar-refractivity contribution in [3.63, 3.8) is 0 Å². The summed E-state index contributed by atoms with van der Waals surface area (Å²) in [5, 5.41) is 28.4. The number of piperidine rings is 2. The van der Waals surface area contributed by atoms with Crippen LogP contribution < -0.4 is 15.0 Å². The van der Waals surface area contributed by atoms with E-state index in [1.807, 2.05) is 37.3 Å². The average molecular weight is 574 g/mol. The molecule has 4 N–H and O–H groups in total. The number of carbonyl (C=O) groups is 3. The topological polar surface area (TPSA) is 140 Å². The van der Waals surface area contributed by atoms with Crippen molar-refractivity contribution >= 4 is 23.7 Å². The number of nitrogens with one attached hydrogen (secondary N) is 1. The molecule has 2 aromatic rings. The Kier molecular flexibility index (Phi) is 11.9. The molecular formula is C30H40FN3O7. The summed E-state index contributed by atoms with van der Waals surface area (Å²) in [6, 6.07) is 13.2. The summed E-state index contributed by atoms with van der Waals surface area (Å²) in [6.07, 6.45) is 6.51. The van der Waals surface area contributed by atoms with Gasteiger partial charge in [-0.1, -0.05) is 24.6 Å². The first-order chi connectivity index (χ1) is 19.6. The Morgan fingerprint density at radius 1 is 1.00 bits per heavy atom. The Hall–Kier alpha value is -3.70. The number of halogens is 1. The molecule has 2 fully saturated rings. The first-order valence-electron chi connectivity index (χ1n) is 13.9. The monoisotopic (exact) mass is 573 g/mol. The number of nitrogens with zero attached hydrogens (tertiary/aromatic N) is 2. The second-order valence-corrected chi connectivity index (χ2v) is 10.6. The fraction of sp³-hybridized carbons (Fsp3) is 0.500. The minimum Gasteiger partial charge on any atom is -0.495 e. The summed E-state index contributed by atoms with van der Waals surface area (Å²) < 4.78 is 18.5. The maximum Gasteiger partial charge on any atom is 0.414 e. The van der Waals surface area contributed by atoms with E-state index in [-0.39, 0.29) is 11.9 Å². The van der Waals surface area contributed by atoms with E-state index in [4.69, 9.17) is 24.5 Å². The number of unbranched alkanes of at least 4 members (excludes halogenated alkanes) is 1. The largest absolute Gasteiger partial charge is 0.495 e. The van der Waals surface area contributed by atoms with Gasteiger partial charge in [0.25, 0.3) is 0 Å². The number of methoxy groups -OCH3 is 1. The number of carboxylic acids is 2. The fourth-order valence-electron chi connectivity index (χ4n) is 5.85. The molecular weight excluding hydrogens is 533 g/mol. The number of hydrogen-bond donors (Lipinski definition) is 4. The minimum atomic E-state index is -1.82. The van der Waals surface area contributed by atoms with Crippen LogP contribution in [-0.2, 0) is 16.1 Å². The van der Waals surface area contributed by atoms with E-state index in [0.29, 0.717) is 23.5 Å². The summed E-state index contributed by atoms with van der Waals surface area (Å²) in [7, 11) is 1.60. The lowest BCUT2D eigenvalue weighted by molar-refractivity contribution is -0.159. The van der Waals surface area contributed by atoms with E-state index in [2.05, 4.69) is 10.2 Å². The van der Waals surface area contributed by atoms with Crippen molar-refractivity contribution in [2.75, 3.05) is 25.1 Å². The van der Waals surface area contributed by atoms with E-state index >= 15 is 0 Å². The van der Waals surface area contributed by atoms with Gasteiger partial charge in [-0.2, -0.15) is 0 Å². The summed E-state index contributed by atoms with van der Waals surface area (Å²) in [6.45, 7) is 4.73. The molecule has 2 aliphatic heterocycles. The van der Waals surface area contributed by atoms with Crippen molar-refractivity contribution in [2.24, 2.45) is 0 Å².